The fourth-order valence-corrected chi connectivity index (χ4v) is 2.63. The number of nitrogens with two attached hydrogens (primary N) is 1. The first-order chi connectivity index (χ1) is 9.23. The summed E-state index contributed by atoms with van der Waals surface area (Å²) in [6.07, 6.45) is 2.21. The third-order valence-corrected chi connectivity index (χ3v) is 3.56. The minimum absolute atomic E-state index is 0.222. The number of piperidine rings is 1. The van der Waals surface area contributed by atoms with Gasteiger partial charge in [-0.15, -0.1) is 0 Å². The van der Waals surface area contributed by atoms with Crippen LogP contribution in [0.15, 0.2) is 0 Å². The minimum atomic E-state index is -0.447. The van der Waals surface area contributed by atoms with E-state index in [4.69, 9.17) is 5.73 Å². The molecule has 0 aromatic rings. The zero-order chi connectivity index (χ0) is 15.3. The van der Waals surface area contributed by atoms with Crippen molar-refractivity contribution >= 4 is 11.9 Å². The second-order valence-electron chi connectivity index (χ2n) is 6.65. The number of imide groups is 1. The van der Waals surface area contributed by atoms with E-state index in [1.54, 1.807) is 0 Å². The highest BCUT2D eigenvalue weighted by Crippen LogP contribution is 2.21. The standard InChI is InChI=1S/C14H28N4O2/c1-10-6-5-7-18(11(10)8-15)9-12(19)16-13(20)17-14(2,3)4/h10-11H,5-9,15H2,1-4H3,(H2,16,17,19,20). The minimum Gasteiger partial charge on any atom is -0.333 e. The average molecular weight is 284 g/mol. The number of amides is 3. The molecular formula is C14H28N4O2. The van der Waals surface area contributed by atoms with Gasteiger partial charge in [-0.3, -0.25) is 15.0 Å². The van der Waals surface area contributed by atoms with Crippen LogP contribution in [0, 0.1) is 5.92 Å². The van der Waals surface area contributed by atoms with Gasteiger partial charge in [0.15, 0.2) is 0 Å². The van der Waals surface area contributed by atoms with Crippen LogP contribution in [0.1, 0.15) is 40.5 Å². The van der Waals surface area contributed by atoms with E-state index in [9.17, 15) is 9.59 Å². The summed E-state index contributed by atoms with van der Waals surface area (Å²) >= 11 is 0. The van der Waals surface area contributed by atoms with Crippen LogP contribution in [0.5, 0.6) is 0 Å². The molecule has 0 spiro atoms. The molecule has 6 nitrogen and oxygen atoms in total. The van der Waals surface area contributed by atoms with Gasteiger partial charge in [0.05, 0.1) is 6.54 Å². The molecule has 0 radical (unpaired) electrons. The lowest BCUT2D eigenvalue weighted by Crippen LogP contribution is -2.54. The molecule has 0 bridgehead atoms. The molecule has 1 fully saturated rings. The van der Waals surface area contributed by atoms with Crippen molar-refractivity contribution in [3.8, 4) is 0 Å². The fourth-order valence-electron chi connectivity index (χ4n) is 2.63. The number of nitrogens with one attached hydrogen (secondary N) is 2. The summed E-state index contributed by atoms with van der Waals surface area (Å²) in [5.74, 6) is 0.212. The first-order valence-corrected chi connectivity index (χ1v) is 7.29. The summed E-state index contributed by atoms with van der Waals surface area (Å²) in [4.78, 5) is 25.6. The van der Waals surface area contributed by atoms with Crippen molar-refractivity contribution in [3.05, 3.63) is 0 Å². The molecule has 1 rings (SSSR count). The second-order valence-corrected chi connectivity index (χ2v) is 6.65. The lowest BCUT2D eigenvalue weighted by atomic mass is 9.91. The summed E-state index contributed by atoms with van der Waals surface area (Å²) in [6, 6.07) is -0.225. The van der Waals surface area contributed by atoms with Crippen molar-refractivity contribution in [2.75, 3.05) is 19.6 Å². The Morgan fingerprint density at radius 1 is 1.35 bits per heavy atom. The van der Waals surface area contributed by atoms with Crippen LogP contribution in [-0.4, -0.2) is 48.1 Å². The van der Waals surface area contributed by atoms with Crippen molar-refractivity contribution in [2.45, 2.75) is 52.1 Å². The van der Waals surface area contributed by atoms with Crippen LogP contribution in [0.25, 0.3) is 0 Å². The smallest absolute Gasteiger partial charge is 0.321 e. The molecule has 0 saturated carbocycles. The largest absolute Gasteiger partial charge is 0.333 e. The van der Waals surface area contributed by atoms with Gasteiger partial charge in [-0.25, -0.2) is 4.79 Å². The summed E-state index contributed by atoms with van der Waals surface area (Å²) in [6.45, 7) is 9.40. The van der Waals surface area contributed by atoms with Gasteiger partial charge in [-0.05, 0) is 46.1 Å². The van der Waals surface area contributed by atoms with Gasteiger partial charge >= 0.3 is 6.03 Å². The van der Waals surface area contributed by atoms with Crippen LogP contribution in [0.3, 0.4) is 0 Å². The second kappa shape index (κ2) is 7.04. The topological polar surface area (TPSA) is 87.5 Å². The van der Waals surface area contributed by atoms with Gasteiger partial charge < -0.3 is 11.1 Å². The zero-order valence-corrected chi connectivity index (χ0v) is 13.0. The Labute approximate surface area is 121 Å². The molecule has 1 saturated heterocycles. The van der Waals surface area contributed by atoms with Crippen molar-refractivity contribution in [3.63, 3.8) is 0 Å². The van der Waals surface area contributed by atoms with E-state index in [0.717, 1.165) is 19.4 Å². The fraction of sp³-hybridized carbons (Fsp3) is 0.857. The highest BCUT2D eigenvalue weighted by atomic mass is 16.2. The molecule has 0 aromatic heterocycles. The van der Waals surface area contributed by atoms with Crippen molar-refractivity contribution in [1.29, 1.82) is 0 Å². The summed E-state index contributed by atoms with van der Waals surface area (Å²) < 4.78 is 0. The summed E-state index contributed by atoms with van der Waals surface area (Å²) in [5, 5.41) is 5.08. The van der Waals surface area contributed by atoms with Gasteiger partial charge in [0.2, 0.25) is 5.91 Å². The molecular weight excluding hydrogens is 256 g/mol. The van der Waals surface area contributed by atoms with Gasteiger partial charge in [-0.1, -0.05) is 6.92 Å². The summed E-state index contributed by atoms with van der Waals surface area (Å²) in [5.41, 5.74) is 5.43. The Bertz CT molecular complexity index is 352. The number of carbonyl (C=O) groups excluding carboxylic acids is 2. The van der Waals surface area contributed by atoms with Gasteiger partial charge in [-0.2, -0.15) is 0 Å². The van der Waals surface area contributed by atoms with Gasteiger partial charge in [0, 0.05) is 18.1 Å². The molecule has 116 valence electrons. The Kier molecular flexibility index (Phi) is 5.95. The van der Waals surface area contributed by atoms with Crippen molar-refractivity contribution in [2.24, 2.45) is 11.7 Å². The number of hydrogen-bond donors (Lipinski definition) is 3. The number of carbonyl (C=O) groups is 2. The molecule has 2 unspecified atom stereocenters. The number of hydrogen-bond acceptors (Lipinski definition) is 4. The first kappa shape index (κ1) is 16.9. The molecule has 2 atom stereocenters. The van der Waals surface area contributed by atoms with Crippen LogP contribution < -0.4 is 16.4 Å². The molecule has 1 aliphatic rings. The monoisotopic (exact) mass is 284 g/mol. The normalized spacial score (nSPS) is 24.2. The van der Waals surface area contributed by atoms with Crippen molar-refractivity contribution in [1.82, 2.24) is 15.5 Å². The molecule has 20 heavy (non-hydrogen) atoms. The quantitative estimate of drug-likeness (QED) is 0.711. The highest BCUT2D eigenvalue weighted by Gasteiger charge is 2.29. The van der Waals surface area contributed by atoms with E-state index < -0.39 is 6.03 Å². The number of nitrogens with zero attached hydrogens (tertiary/aromatic N) is 1. The first-order valence-electron chi connectivity index (χ1n) is 7.29. The Morgan fingerprint density at radius 3 is 2.55 bits per heavy atom. The van der Waals surface area contributed by atoms with Crippen LogP contribution >= 0.6 is 0 Å². The lowest BCUT2D eigenvalue weighted by Gasteiger charge is -2.38. The predicted molar refractivity (Wildman–Crippen MR) is 79.2 cm³/mol. The van der Waals surface area contributed by atoms with Crippen molar-refractivity contribution < 1.29 is 9.59 Å². The average Bonchev–Trinajstić information content (AvgIpc) is 2.26. The maximum atomic E-state index is 11.9. The van der Waals surface area contributed by atoms with Crippen LogP contribution in [0.2, 0.25) is 0 Å². The predicted octanol–water partition coefficient (Wildman–Crippen LogP) is 0.670. The van der Waals surface area contributed by atoms with E-state index in [1.807, 2.05) is 20.8 Å². The van der Waals surface area contributed by atoms with E-state index >= 15 is 0 Å². The van der Waals surface area contributed by atoms with E-state index in [2.05, 4.69) is 22.5 Å². The van der Waals surface area contributed by atoms with Crippen LogP contribution in [0.4, 0.5) is 4.79 Å². The van der Waals surface area contributed by atoms with E-state index in [-0.39, 0.29) is 24.0 Å². The van der Waals surface area contributed by atoms with Crippen LogP contribution in [-0.2, 0) is 4.79 Å². The Morgan fingerprint density at radius 2 is 2.00 bits per heavy atom. The zero-order valence-electron chi connectivity index (χ0n) is 13.0. The number of likely N-dealkylation sites (tertiary alicyclic amines) is 1. The van der Waals surface area contributed by atoms with E-state index in [1.165, 1.54) is 0 Å². The molecule has 6 heteroatoms. The third-order valence-electron chi connectivity index (χ3n) is 3.56. The molecule has 1 heterocycles. The molecule has 4 N–H and O–H groups in total. The molecule has 0 aromatic carbocycles. The van der Waals surface area contributed by atoms with Gasteiger partial charge in [0.1, 0.15) is 0 Å². The molecule has 1 aliphatic heterocycles. The third kappa shape index (κ3) is 5.46. The van der Waals surface area contributed by atoms with Gasteiger partial charge in [0.25, 0.3) is 0 Å². The maximum absolute atomic E-state index is 11.9. The summed E-state index contributed by atoms with van der Waals surface area (Å²) in [7, 11) is 0. The SMILES string of the molecule is CC1CCCN(CC(=O)NC(=O)NC(C)(C)C)C1CN. The number of urea groups is 1. The maximum Gasteiger partial charge on any atom is 0.321 e. The number of rotatable bonds is 3. The van der Waals surface area contributed by atoms with E-state index in [0.29, 0.717) is 12.5 Å². The Hall–Kier alpha value is -1.14. The molecule has 0 aliphatic carbocycles. The molecule has 3 amide bonds. The highest BCUT2D eigenvalue weighted by molar-refractivity contribution is 5.95. The lowest BCUT2D eigenvalue weighted by molar-refractivity contribution is -0.122. The Balaban J connectivity index is 2.47.